The first kappa shape index (κ1) is 16.8. The standard InChI is InChI=1S/C23H14BrN3O/c24-16-5-3-6-17(13-16)25-23(28)15-9-10-19-21(12-15)27-22-18-7-2-1-4-14(18)8-11-20(22)26-19/h1-13H,(H,25,28). The van der Waals surface area contributed by atoms with E-state index in [1.165, 1.54) is 0 Å². The van der Waals surface area contributed by atoms with E-state index in [4.69, 9.17) is 9.97 Å². The Morgan fingerprint density at radius 3 is 2.54 bits per heavy atom. The average molecular weight is 428 g/mol. The van der Waals surface area contributed by atoms with Crippen molar-refractivity contribution in [1.29, 1.82) is 0 Å². The lowest BCUT2D eigenvalue weighted by molar-refractivity contribution is 0.102. The summed E-state index contributed by atoms with van der Waals surface area (Å²) in [6.07, 6.45) is 0. The van der Waals surface area contributed by atoms with Gasteiger partial charge in [-0.05, 0) is 47.9 Å². The predicted octanol–water partition coefficient (Wildman–Crippen LogP) is 5.95. The highest BCUT2D eigenvalue weighted by atomic mass is 79.9. The summed E-state index contributed by atoms with van der Waals surface area (Å²) >= 11 is 3.41. The van der Waals surface area contributed by atoms with Crippen molar-refractivity contribution in [2.24, 2.45) is 0 Å². The molecule has 0 fully saturated rings. The van der Waals surface area contributed by atoms with Crippen LogP contribution in [0.3, 0.4) is 0 Å². The molecule has 134 valence electrons. The minimum Gasteiger partial charge on any atom is -0.322 e. The van der Waals surface area contributed by atoms with Gasteiger partial charge in [0.2, 0.25) is 0 Å². The van der Waals surface area contributed by atoms with Gasteiger partial charge in [0.25, 0.3) is 5.91 Å². The number of nitrogens with zero attached hydrogens (tertiary/aromatic N) is 2. The summed E-state index contributed by atoms with van der Waals surface area (Å²) in [4.78, 5) is 22.2. The second kappa shape index (κ2) is 6.69. The van der Waals surface area contributed by atoms with Gasteiger partial charge in [0, 0.05) is 21.1 Å². The van der Waals surface area contributed by atoms with Crippen LogP contribution in [0.2, 0.25) is 0 Å². The minimum atomic E-state index is -0.181. The van der Waals surface area contributed by atoms with Crippen LogP contribution in [0.25, 0.3) is 32.8 Å². The molecule has 1 N–H and O–H groups in total. The molecule has 0 aliphatic heterocycles. The maximum atomic E-state index is 12.7. The van der Waals surface area contributed by atoms with Gasteiger partial charge in [-0.3, -0.25) is 4.79 Å². The number of hydrogen-bond acceptors (Lipinski definition) is 3. The first-order valence-electron chi connectivity index (χ1n) is 8.83. The topological polar surface area (TPSA) is 54.9 Å². The third kappa shape index (κ3) is 3.00. The summed E-state index contributed by atoms with van der Waals surface area (Å²) in [5, 5.41) is 5.09. The number of fused-ring (bicyclic) bond motifs is 4. The van der Waals surface area contributed by atoms with Gasteiger partial charge in [-0.1, -0.05) is 52.3 Å². The third-order valence-electron chi connectivity index (χ3n) is 4.67. The predicted molar refractivity (Wildman–Crippen MR) is 117 cm³/mol. The molecule has 0 radical (unpaired) electrons. The number of anilines is 1. The van der Waals surface area contributed by atoms with Crippen LogP contribution in [-0.2, 0) is 0 Å². The fraction of sp³-hybridized carbons (Fsp3) is 0. The number of carbonyl (C=O) groups excluding carboxylic acids is 1. The molecule has 1 aromatic heterocycles. The van der Waals surface area contributed by atoms with E-state index in [1.54, 1.807) is 12.1 Å². The molecule has 0 bridgehead atoms. The summed E-state index contributed by atoms with van der Waals surface area (Å²) in [6.45, 7) is 0. The van der Waals surface area contributed by atoms with E-state index >= 15 is 0 Å². The first-order chi connectivity index (χ1) is 13.7. The lowest BCUT2D eigenvalue weighted by Crippen LogP contribution is -2.11. The third-order valence-corrected chi connectivity index (χ3v) is 5.17. The zero-order valence-corrected chi connectivity index (χ0v) is 16.3. The second-order valence-electron chi connectivity index (χ2n) is 6.55. The number of aromatic nitrogens is 2. The summed E-state index contributed by atoms with van der Waals surface area (Å²) in [5.74, 6) is -0.181. The molecule has 4 nitrogen and oxygen atoms in total. The zero-order valence-electron chi connectivity index (χ0n) is 14.7. The molecule has 1 amide bonds. The van der Waals surface area contributed by atoms with Crippen LogP contribution in [0, 0.1) is 0 Å². The van der Waals surface area contributed by atoms with Gasteiger partial charge in [0.1, 0.15) is 0 Å². The van der Waals surface area contributed by atoms with E-state index < -0.39 is 0 Å². The Labute approximate surface area is 169 Å². The van der Waals surface area contributed by atoms with Crippen molar-refractivity contribution in [3.05, 3.63) is 88.9 Å². The highest BCUT2D eigenvalue weighted by Crippen LogP contribution is 2.25. The number of rotatable bonds is 2. The molecule has 28 heavy (non-hydrogen) atoms. The molecule has 5 aromatic rings. The fourth-order valence-corrected chi connectivity index (χ4v) is 3.72. The normalized spacial score (nSPS) is 11.2. The van der Waals surface area contributed by atoms with Gasteiger partial charge in [-0.2, -0.15) is 0 Å². The molecule has 4 aromatic carbocycles. The molecular formula is C23H14BrN3O. The Kier molecular flexibility index (Phi) is 4.02. The number of amides is 1. The van der Waals surface area contributed by atoms with Gasteiger partial charge in [-0.15, -0.1) is 0 Å². The van der Waals surface area contributed by atoms with E-state index in [0.29, 0.717) is 11.1 Å². The van der Waals surface area contributed by atoms with E-state index in [0.717, 1.165) is 37.5 Å². The molecule has 0 aliphatic rings. The van der Waals surface area contributed by atoms with E-state index in [1.807, 2.05) is 54.6 Å². The smallest absolute Gasteiger partial charge is 0.255 e. The largest absolute Gasteiger partial charge is 0.322 e. The van der Waals surface area contributed by atoms with E-state index in [-0.39, 0.29) is 5.91 Å². The van der Waals surface area contributed by atoms with Gasteiger partial charge in [0.05, 0.1) is 22.1 Å². The van der Waals surface area contributed by atoms with Crippen LogP contribution in [0.15, 0.2) is 83.3 Å². The van der Waals surface area contributed by atoms with E-state index in [9.17, 15) is 4.79 Å². The first-order valence-corrected chi connectivity index (χ1v) is 9.63. The monoisotopic (exact) mass is 427 g/mol. The number of halogens is 1. The number of hydrogen-bond donors (Lipinski definition) is 1. The molecular weight excluding hydrogens is 414 g/mol. The van der Waals surface area contributed by atoms with Gasteiger partial charge >= 0.3 is 0 Å². The van der Waals surface area contributed by atoms with Gasteiger partial charge in [0.15, 0.2) is 0 Å². The summed E-state index contributed by atoms with van der Waals surface area (Å²) in [5.41, 5.74) is 4.43. The van der Waals surface area contributed by atoms with Crippen molar-refractivity contribution in [2.45, 2.75) is 0 Å². The highest BCUT2D eigenvalue weighted by Gasteiger charge is 2.10. The molecule has 0 atom stereocenters. The van der Waals surface area contributed by atoms with Crippen molar-refractivity contribution in [1.82, 2.24) is 9.97 Å². The van der Waals surface area contributed by atoms with E-state index in [2.05, 4.69) is 33.4 Å². The number of benzene rings is 4. The minimum absolute atomic E-state index is 0.181. The Morgan fingerprint density at radius 2 is 1.64 bits per heavy atom. The van der Waals surface area contributed by atoms with Crippen molar-refractivity contribution in [3.8, 4) is 0 Å². The van der Waals surface area contributed by atoms with Crippen molar-refractivity contribution < 1.29 is 4.79 Å². The Balaban J connectivity index is 1.60. The lowest BCUT2D eigenvalue weighted by atomic mass is 10.1. The van der Waals surface area contributed by atoms with Crippen molar-refractivity contribution in [2.75, 3.05) is 5.32 Å². The fourth-order valence-electron chi connectivity index (χ4n) is 3.32. The molecule has 5 rings (SSSR count). The zero-order chi connectivity index (χ0) is 19.1. The second-order valence-corrected chi connectivity index (χ2v) is 7.46. The Bertz CT molecular complexity index is 1380. The van der Waals surface area contributed by atoms with Crippen molar-refractivity contribution >= 4 is 60.4 Å². The summed E-state index contributed by atoms with van der Waals surface area (Å²) in [7, 11) is 0. The maximum Gasteiger partial charge on any atom is 0.255 e. The Morgan fingerprint density at radius 1 is 0.786 bits per heavy atom. The highest BCUT2D eigenvalue weighted by molar-refractivity contribution is 9.10. The van der Waals surface area contributed by atoms with Gasteiger partial charge < -0.3 is 5.32 Å². The summed E-state index contributed by atoms with van der Waals surface area (Å²) in [6, 6.07) is 25.0. The van der Waals surface area contributed by atoms with Crippen LogP contribution in [0.4, 0.5) is 5.69 Å². The Hall–Kier alpha value is -3.31. The molecule has 1 heterocycles. The molecule has 0 aliphatic carbocycles. The maximum absolute atomic E-state index is 12.7. The average Bonchev–Trinajstić information content (AvgIpc) is 2.72. The molecule has 0 spiro atoms. The lowest BCUT2D eigenvalue weighted by Gasteiger charge is -2.08. The van der Waals surface area contributed by atoms with Crippen LogP contribution in [-0.4, -0.2) is 15.9 Å². The molecule has 0 unspecified atom stereocenters. The van der Waals surface area contributed by atoms with Gasteiger partial charge in [-0.25, -0.2) is 9.97 Å². The molecule has 0 saturated carbocycles. The van der Waals surface area contributed by atoms with Crippen LogP contribution >= 0.6 is 15.9 Å². The number of carbonyl (C=O) groups is 1. The van der Waals surface area contributed by atoms with Crippen molar-refractivity contribution in [3.63, 3.8) is 0 Å². The summed E-state index contributed by atoms with van der Waals surface area (Å²) < 4.78 is 0.910. The number of nitrogens with one attached hydrogen (secondary N) is 1. The quantitative estimate of drug-likeness (QED) is 0.279. The van der Waals surface area contributed by atoms with Crippen LogP contribution < -0.4 is 5.32 Å². The molecule has 5 heteroatoms. The van der Waals surface area contributed by atoms with Crippen LogP contribution in [0.5, 0.6) is 0 Å². The van der Waals surface area contributed by atoms with Crippen LogP contribution in [0.1, 0.15) is 10.4 Å². The SMILES string of the molecule is O=C(Nc1cccc(Br)c1)c1ccc2nc3ccc4ccccc4c3nc2c1. The molecule has 0 saturated heterocycles.